The molecule has 2 aromatic rings. The molecule has 0 saturated carbocycles. The Labute approximate surface area is 102 Å². The summed E-state index contributed by atoms with van der Waals surface area (Å²) in [6.07, 6.45) is 3.68. The van der Waals surface area contributed by atoms with Crippen molar-refractivity contribution in [3.8, 4) is 5.69 Å². The molecular weight excluding hydrogens is 242 g/mol. The number of imidazole rings is 1. The van der Waals surface area contributed by atoms with Crippen molar-refractivity contribution >= 4 is 17.7 Å². The van der Waals surface area contributed by atoms with E-state index in [0.29, 0.717) is 5.69 Å². The van der Waals surface area contributed by atoms with E-state index in [1.54, 1.807) is 4.57 Å². The van der Waals surface area contributed by atoms with E-state index >= 15 is 0 Å². The number of nitro groups is 1. The van der Waals surface area contributed by atoms with Gasteiger partial charge in [-0.05, 0) is 12.1 Å². The van der Waals surface area contributed by atoms with Crippen LogP contribution >= 0.6 is 11.6 Å². The highest BCUT2D eigenvalue weighted by molar-refractivity contribution is 6.30. The first-order valence-corrected chi connectivity index (χ1v) is 5.16. The van der Waals surface area contributed by atoms with Gasteiger partial charge < -0.3 is 0 Å². The van der Waals surface area contributed by atoms with Gasteiger partial charge in [-0.1, -0.05) is 29.8 Å². The molecule has 0 saturated heterocycles. The fourth-order valence-electron chi connectivity index (χ4n) is 1.41. The van der Waals surface area contributed by atoms with Crippen LogP contribution in [0.25, 0.3) is 11.8 Å². The third kappa shape index (κ3) is 2.51. The maximum atomic E-state index is 10.3. The number of hydrogen-bond donors (Lipinski definition) is 0. The Hall–Kier alpha value is -2.14. The van der Waals surface area contributed by atoms with Crippen LogP contribution < -0.4 is 0 Å². The molecule has 5 nitrogen and oxygen atoms in total. The Bertz CT molecular complexity index is 563. The summed E-state index contributed by atoms with van der Waals surface area (Å²) in [6.45, 7) is 0. The minimum atomic E-state index is -0.543. The highest BCUT2D eigenvalue weighted by atomic mass is 35.5. The molecule has 1 heterocycles. The van der Waals surface area contributed by atoms with Crippen LogP contribution in [0.3, 0.4) is 0 Å². The molecule has 0 unspecified atom stereocenters. The second-order valence-electron chi connectivity index (χ2n) is 3.23. The Morgan fingerprint density at radius 2 is 2.06 bits per heavy atom. The van der Waals surface area contributed by atoms with E-state index in [1.165, 1.54) is 12.4 Å². The second kappa shape index (κ2) is 4.80. The van der Waals surface area contributed by atoms with Gasteiger partial charge in [0.25, 0.3) is 0 Å². The zero-order valence-electron chi connectivity index (χ0n) is 8.65. The van der Waals surface area contributed by atoms with E-state index in [9.17, 15) is 10.1 Å². The van der Waals surface area contributed by atoms with Gasteiger partial charge in [0.05, 0.1) is 10.6 Å². The SMILES string of the molecule is O=[N+]([O-])C=Cc1c(Cl)ncn1-c1ccccc1. The molecule has 2 rings (SSSR count). The third-order valence-electron chi connectivity index (χ3n) is 2.15. The molecule has 0 atom stereocenters. The number of nitrogens with zero attached hydrogens (tertiary/aromatic N) is 3. The highest BCUT2D eigenvalue weighted by Gasteiger charge is 2.08. The predicted molar refractivity (Wildman–Crippen MR) is 64.6 cm³/mol. The van der Waals surface area contributed by atoms with Crippen molar-refractivity contribution in [3.05, 3.63) is 63.8 Å². The van der Waals surface area contributed by atoms with Gasteiger partial charge in [0.2, 0.25) is 6.20 Å². The van der Waals surface area contributed by atoms with E-state index in [0.717, 1.165) is 11.9 Å². The van der Waals surface area contributed by atoms with Crippen LogP contribution in [0, 0.1) is 10.1 Å². The Balaban J connectivity index is 2.46. The number of benzene rings is 1. The number of halogens is 1. The lowest BCUT2D eigenvalue weighted by Crippen LogP contribution is -1.95. The molecule has 0 aliphatic carbocycles. The van der Waals surface area contributed by atoms with E-state index in [-0.39, 0.29) is 5.15 Å². The van der Waals surface area contributed by atoms with Crippen LogP contribution in [0.4, 0.5) is 0 Å². The molecule has 0 N–H and O–H groups in total. The summed E-state index contributed by atoms with van der Waals surface area (Å²) in [5.41, 5.74) is 1.32. The highest BCUT2D eigenvalue weighted by Crippen LogP contribution is 2.19. The summed E-state index contributed by atoms with van der Waals surface area (Å²) < 4.78 is 1.68. The molecule has 0 spiro atoms. The van der Waals surface area contributed by atoms with Gasteiger partial charge >= 0.3 is 0 Å². The van der Waals surface area contributed by atoms with Crippen LogP contribution in [0.5, 0.6) is 0 Å². The third-order valence-corrected chi connectivity index (χ3v) is 2.44. The van der Waals surface area contributed by atoms with Crippen molar-refractivity contribution < 1.29 is 4.92 Å². The lowest BCUT2D eigenvalue weighted by molar-refractivity contribution is -0.401. The molecule has 86 valence electrons. The first kappa shape index (κ1) is 11.3. The standard InChI is InChI=1S/C11H8ClN3O2/c12-11-10(6-7-15(16)17)14(8-13-11)9-4-2-1-3-5-9/h1-8H. The number of rotatable bonds is 3. The predicted octanol–water partition coefficient (Wildman–Crippen LogP) is 2.77. The van der Waals surface area contributed by atoms with Crippen molar-refractivity contribution in [2.45, 2.75) is 0 Å². The average molecular weight is 250 g/mol. The van der Waals surface area contributed by atoms with Crippen molar-refractivity contribution in [3.63, 3.8) is 0 Å². The smallest absolute Gasteiger partial charge is 0.236 e. The van der Waals surface area contributed by atoms with Gasteiger partial charge in [-0.2, -0.15) is 0 Å². The summed E-state index contributed by atoms with van der Waals surface area (Å²) in [5.74, 6) is 0. The lowest BCUT2D eigenvalue weighted by Gasteiger charge is -2.03. The number of aromatic nitrogens is 2. The van der Waals surface area contributed by atoms with Gasteiger partial charge in [-0.3, -0.25) is 14.7 Å². The fourth-order valence-corrected chi connectivity index (χ4v) is 1.61. The minimum Gasteiger partial charge on any atom is -0.298 e. The summed E-state index contributed by atoms with van der Waals surface area (Å²) >= 11 is 5.87. The maximum absolute atomic E-state index is 10.3. The second-order valence-corrected chi connectivity index (χ2v) is 3.59. The van der Waals surface area contributed by atoms with Gasteiger partial charge in [-0.15, -0.1) is 0 Å². The summed E-state index contributed by atoms with van der Waals surface area (Å²) in [7, 11) is 0. The van der Waals surface area contributed by atoms with Gasteiger partial charge in [0, 0.05) is 11.8 Å². The van der Waals surface area contributed by atoms with Crippen LogP contribution in [-0.2, 0) is 0 Å². The van der Waals surface area contributed by atoms with Crippen molar-refractivity contribution in [2.75, 3.05) is 0 Å². The summed E-state index contributed by atoms with van der Waals surface area (Å²) in [6, 6.07) is 9.34. The monoisotopic (exact) mass is 249 g/mol. The first-order chi connectivity index (χ1) is 8.18. The molecule has 17 heavy (non-hydrogen) atoms. The molecule has 0 aliphatic rings. The van der Waals surface area contributed by atoms with Crippen LogP contribution in [0.2, 0.25) is 5.15 Å². The first-order valence-electron chi connectivity index (χ1n) is 4.78. The summed E-state index contributed by atoms with van der Waals surface area (Å²) in [5, 5.41) is 10.5. The molecular formula is C11H8ClN3O2. The van der Waals surface area contributed by atoms with Gasteiger partial charge in [-0.25, -0.2) is 4.98 Å². The quantitative estimate of drug-likeness (QED) is 0.621. The zero-order chi connectivity index (χ0) is 12.3. The maximum Gasteiger partial charge on any atom is 0.236 e. The van der Waals surface area contributed by atoms with Crippen molar-refractivity contribution in [1.29, 1.82) is 0 Å². The Morgan fingerprint density at radius 3 is 2.71 bits per heavy atom. The summed E-state index contributed by atoms with van der Waals surface area (Å²) in [4.78, 5) is 13.7. The molecule has 6 heteroatoms. The Kier molecular flexibility index (Phi) is 3.20. The van der Waals surface area contributed by atoms with E-state index in [2.05, 4.69) is 4.98 Å². The fraction of sp³-hybridized carbons (Fsp3) is 0. The van der Waals surface area contributed by atoms with E-state index in [4.69, 9.17) is 11.6 Å². The van der Waals surface area contributed by atoms with Crippen molar-refractivity contribution in [2.24, 2.45) is 0 Å². The minimum absolute atomic E-state index is 0.229. The Morgan fingerprint density at radius 1 is 1.35 bits per heavy atom. The number of para-hydroxylation sites is 1. The van der Waals surface area contributed by atoms with Crippen molar-refractivity contribution in [1.82, 2.24) is 9.55 Å². The molecule has 1 aromatic heterocycles. The molecule has 0 amide bonds. The van der Waals surface area contributed by atoms with E-state index in [1.807, 2.05) is 30.3 Å². The molecule has 0 bridgehead atoms. The van der Waals surface area contributed by atoms with Crippen LogP contribution in [0.1, 0.15) is 5.69 Å². The molecule has 0 aliphatic heterocycles. The van der Waals surface area contributed by atoms with Crippen LogP contribution in [0.15, 0.2) is 42.9 Å². The van der Waals surface area contributed by atoms with Gasteiger partial charge in [0.1, 0.15) is 6.33 Å². The average Bonchev–Trinajstić information content (AvgIpc) is 2.69. The van der Waals surface area contributed by atoms with E-state index < -0.39 is 4.92 Å². The van der Waals surface area contributed by atoms with Crippen LogP contribution in [-0.4, -0.2) is 14.5 Å². The normalized spacial score (nSPS) is 10.9. The largest absolute Gasteiger partial charge is 0.298 e. The van der Waals surface area contributed by atoms with Gasteiger partial charge in [0.15, 0.2) is 5.15 Å². The number of hydrogen-bond acceptors (Lipinski definition) is 3. The topological polar surface area (TPSA) is 61.0 Å². The molecule has 0 fully saturated rings. The zero-order valence-corrected chi connectivity index (χ0v) is 9.41. The molecule has 0 radical (unpaired) electrons. The lowest BCUT2D eigenvalue weighted by atomic mass is 10.3. The molecule has 1 aromatic carbocycles.